The van der Waals surface area contributed by atoms with Crippen LogP contribution in [0.15, 0.2) is 102 Å². The number of carbonyl (C=O) groups excluding carboxylic acids is 1. The monoisotopic (exact) mass is 399 g/mol. The topological polar surface area (TPSA) is 46.9 Å². The Kier molecular flexibility index (Phi) is 6.07. The van der Waals surface area contributed by atoms with Gasteiger partial charge in [-0.15, -0.1) is 0 Å². The fraction of sp³-hybridized carbons (Fsp3) is 0.0833. The van der Waals surface area contributed by atoms with Crippen molar-refractivity contribution in [1.29, 1.82) is 0 Å². The average Bonchev–Trinajstić information content (AvgIpc) is 3.22. The predicted molar refractivity (Wildman–Crippen MR) is 118 cm³/mol. The maximum atomic E-state index is 12.3. The van der Waals surface area contributed by atoms with Gasteiger partial charge in [-0.25, -0.2) is 4.98 Å². The van der Waals surface area contributed by atoms with Crippen molar-refractivity contribution in [2.75, 3.05) is 5.75 Å². The molecule has 1 aromatic heterocycles. The van der Waals surface area contributed by atoms with Crippen LogP contribution < -0.4 is 5.32 Å². The number of para-hydroxylation sites is 1. The van der Waals surface area contributed by atoms with Crippen molar-refractivity contribution in [3.8, 4) is 16.9 Å². The van der Waals surface area contributed by atoms with Crippen LogP contribution in [0.1, 0.15) is 5.56 Å². The largest absolute Gasteiger partial charge is 0.351 e. The van der Waals surface area contributed by atoms with Crippen molar-refractivity contribution >= 4 is 17.7 Å². The number of imidazole rings is 1. The van der Waals surface area contributed by atoms with Crippen LogP contribution in [0.5, 0.6) is 0 Å². The molecule has 1 heterocycles. The predicted octanol–water partition coefficient (Wildman–Crippen LogP) is 4.95. The molecule has 3 aromatic carbocycles. The van der Waals surface area contributed by atoms with Gasteiger partial charge in [0.05, 0.1) is 11.4 Å². The summed E-state index contributed by atoms with van der Waals surface area (Å²) >= 11 is 1.44. The second kappa shape index (κ2) is 9.26. The number of hydrogen-bond donors (Lipinski definition) is 1. The van der Waals surface area contributed by atoms with Gasteiger partial charge < -0.3 is 5.32 Å². The van der Waals surface area contributed by atoms with Crippen molar-refractivity contribution in [3.63, 3.8) is 0 Å². The Balaban J connectivity index is 1.49. The first-order chi connectivity index (χ1) is 14.3. The van der Waals surface area contributed by atoms with E-state index in [4.69, 9.17) is 4.98 Å². The minimum atomic E-state index is -0.0114. The SMILES string of the molecule is O=C(CSc1nc(-c2ccccc2)cn1-c1ccccc1)NCc1ccccc1. The summed E-state index contributed by atoms with van der Waals surface area (Å²) in [5, 5.41) is 3.77. The fourth-order valence-corrected chi connectivity index (χ4v) is 3.79. The number of nitrogens with zero attached hydrogens (tertiary/aromatic N) is 2. The van der Waals surface area contributed by atoms with Crippen LogP contribution in [0.25, 0.3) is 16.9 Å². The minimum absolute atomic E-state index is 0.0114. The van der Waals surface area contributed by atoms with E-state index in [1.165, 1.54) is 11.8 Å². The van der Waals surface area contributed by atoms with E-state index < -0.39 is 0 Å². The molecule has 0 aliphatic carbocycles. The lowest BCUT2D eigenvalue weighted by Gasteiger charge is -2.08. The second-order valence-electron chi connectivity index (χ2n) is 6.53. The highest BCUT2D eigenvalue weighted by Gasteiger charge is 2.13. The number of amides is 1. The lowest BCUT2D eigenvalue weighted by molar-refractivity contribution is -0.118. The highest BCUT2D eigenvalue weighted by Crippen LogP contribution is 2.27. The van der Waals surface area contributed by atoms with Gasteiger partial charge in [0.2, 0.25) is 5.91 Å². The van der Waals surface area contributed by atoms with Crippen LogP contribution in [0.2, 0.25) is 0 Å². The number of thioether (sulfide) groups is 1. The third-order valence-electron chi connectivity index (χ3n) is 4.44. The molecule has 0 spiro atoms. The lowest BCUT2D eigenvalue weighted by atomic mass is 10.2. The first-order valence-corrected chi connectivity index (χ1v) is 10.4. The zero-order chi connectivity index (χ0) is 19.9. The maximum absolute atomic E-state index is 12.3. The van der Waals surface area contributed by atoms with E-state index in [-0.39, 0.29) is 5.91 Å². The zero-order valence-electron chi connectivity index (χ0n) is 15.9. The summed E-state index contributed by atoms with van der Waals surface area (Å²) < 4.78 is 2.04. The van der Waals surface area contributed by atoms with Crippen LogP contribution >= 0.6 is 11.8 Å². The summed E-state index contributed by atoms with van der Waals surface area (Å²) in [5.74, 6) is 0.299. The summed E-state index contributed by atoms with van der Waals surface area (Å²) in [5.41, 5.74) is 4.05. The molecule has 0 aliphatic heterocycles. The molecule has 0 unspecified atom stereocenters. The number of benzene rings is 3. The summed E-state index contributed by atoms with van der Waals surface area (Å²) in [7, 11) is 0. The first kappa shape index (κ1) is 19.0. The van der Waals surface area contributed by atoms with Crippen LogP contribution in [-0.4, -0.2) is 21.2 Å². The van der Waals surface area contributed by atoms with E-state index in [9.17, 15) is 4.79 Å². The molecule has 4 aromatic rings. The Hall–Kier alpha value is -3.31. The van der Waals surface area contributed by atoms with Crippen molar-refractivity contribution in [3.05, 3.63) is 103 Å². The molecule has 0 radical (unpaired) electrons. The number of aromatic nitrogens is 2. The molecule has 1 amide bonds. The van der Waals surface area contributed by atoms with Crippen LogP contribution in [0, 0.1) is 0 Å². The van der Waals surface area contributed by atoms with Gasteiger partial charge in [0.1, 0.15) is 0 Å². The molecule has 144 valence electrons. The average molecular weight is 400 g/mol. The van der Waals surface area contributed by atoms with E-state index >= 15 is 0 Å². The van der Waals surface area contributed by atoms with E-state index in [0.29, 0.717) is 12.3 Å². The van der Waals surface area contributed by atoms with Crippen molar-refractivity contribution in [1.82, 2.24) is 14.9 Å². The van der Waals surface area contributed by atoms with Gasteiger partial charge in [-0.3, -0.25) is 9.36 Å². The van der Waals surface area contributed by atoms with Crippen LogP contribution in [0.4, 0.5) is 0 Å². The molecular weight excluding hydrogens is 378 g/mol. The van der Waals surface area contributed by atoms with Crippen molar-refractivity contribution in [2.24, 2.45) is 0 Å². The van der Waals surface area contributed by atoms with Gasteiger partial charge in [0, 0.05) is 24.0 Å². The van der Waals surface area contributed by atoms with E-state index in [2.05, 4.69) is 5.32 Å². The summed E-state index contributed by atoms with van der Waals surface area (Å²) in [6.07, 6.45) is 2.02. The molecule has 29 heavy (non-hydrogen) atoms. The molecule has 1 N–H and O–H groups in total. The number of rotatable bonds is 7. The quantitative estimate of drug-likeness (QED) is 0.448. The molecule has 0 bridgehead atoms. The number of nitrogens with one attached hydrogen (secondary N) is 1. The van der Waals surface area contributed by atoms with Crippen molar-refractivity contribution < 1.29 is 4.79 Å². The molecule has 0 saturated heterocycles. The minimum Gasteiger partial charge on any atom is -0.351 e. The Morgan fingerprint density at radius 3 is 2.17 bits per heavy atom. The van der Waals surface area contributed by atoms with Crippen LogP contribution in [-0.2, 0) is 11.3 Å². The smallest absolute Gasteiger partial charge is 0.230 e. The van der Waals surface area contributed by atoms with Gasteiger partial charge >= 0.3 is 0 Å². The molecule has 4 nitrogen and oxygen atoms in total. The molecule has 0 atom stereocenters. The van der Waals surface area contributed by atoms with E-state index in [1.807, 2.05) is 102 Å². The summed E-state index contributed by atoms with van der Waals surface area (Å²) in [4.78, 5) is 17.1. The normalized spacial score (nSPS) is 10.6. The summed E-state index contributed by atoms with van der Waals surface area (Å²) in [6.45, 7) is 0.530. The Labute approximate surface area is 174 Å². The Morgan fingerprint density at radius 2 is 1.48 bits per heavy atom. The van der Waals surface area contributed by atoms with Gasteiger partial charge in [-0.05, 0) is 17.7 Å². The van der Waals surface area contributed by atoms with Gasteiger partial charge in [-0.1, -0.05) is 90.6 Å². The Morgan fingerprint density at radius 1 is 0.862 bits per heavy atom. The fourth-order valence-electron chi connectivity index (χ4n) is 2.96. The second-order valence-corrected chi connectivity index (χ2v) is 7.47. The molecule has 4 rings (SSSR count). The lowest BCUT2D eigenvalue weighted by Crippen LogP contribution is -2.24. The van der Waals surface area contributed by atoms with Gasteiger partial charge in [0.15, 0.2) is 5.16 Å². The standard InChI is InChI=1S/C24H21N3OS/c28-23(25-16-19-10-4-1-5-11-19)18-29-24-26-22(20-12-6-2-7-13-20)17-27(24)21-14-8-3-9-15-21/h1-15,17H,16,18H2,(H,25,28). The first-order valence-electron chi connectivity index (χ1n) is 9.43. The molecule has 0 aliphatic rings. The highest BCUT2D eigenvalue weighted by molar-refractivity contribution is 7.99. The maximum Gasteiger partial charge on any atom is 0.230 e. The van der Waals surface area contributed by atoms with Gasteiger partial charge in [0.25, 0.3) is 0 Å². The van der Waals surface area contributed by atoms with Crippen LogP contribution in [0.3, 0.4) is 0 Å². The number of hydrogen-bond acceptors (Lipinski definition) is 3. The molecule has 5 heteroatoms. The van der Waals surface area contributed by atoms with E-state index in [1.54, 1.807) is 0 Å². The molecule has 0 fully saturated rings. The Bertz CT molecular complexity index is 1060. The molecular formula is C24H21N3OS. The zero-order valence-corrected chi connectivity index (χ0v) is 16.7. The van der Waals surface area contributed by atoms with Gasteiger partial charge in [-0.2, -0.15) is 0 Å². The van der Waals surface area contributed by atoms with Crippen molar-refractivity contribution in [2.45, 2.75) is 11.7 Å². The van der Waals surface area contributed by atoms with E-state index in [0.717, 1.165) is 27.7 Å². The summed E-state index contributed by atoms with van der Waals surface area (Å²) in [6, 6.07) is 30.0. The third kappa shape index (κ3) is 4.95. The highest BCUT2D eigenvalue weighted by atomic mass is 32.2. The molecule has 0 saturated carbocycles. The third-order valence-corrected chi connectivity index (χ3v) is 5.40. The number of carbonyl (C=O) groups is 1.